The molecular weight excluding hydrogens is 388 g/mol. The first-order valence-electron chi connectivity index (χ1n) is 10.8. The Labute approximate surface area is 183 Å². The van der Waals surface area contributed by atoms with Crippen molar-refractivity contribution in [3.8, 4) is 0 Å². The van der Waals surface area contributed by atoms with Gasteiger partial charge in [-0.1, -0.05) is 42.5 Å². The number of rotatable bonds is 6. The lowest BCUT2D eigenvalue weighted by Gasteiger charge is -2.21. The second kappa shape index (κ2) is 9.45. The number of fused-ring (bicyclic) bond motifs is 1. The van der Waals surface area contributed by atoms with Gasteiger partial charge in [-0.2, -0.15) is 0 Å². The van der Waals surface area contributed by atoms with E-state index < -0.39 is 0 Å². The summed E-state index contributed by atoms with van der Waals surface area (Å²) in [5.41, 5.74) is 4.87. The third kappa shape index (κ3) is 4.86. The lowest BCUT2D eigenvalue weighted by atomic mass is 9.94. The fraction of sp³-hybridized carbons (Fsp3) is 0.360. The molecule has 1 fully saturated rings. The van der Waals surface area contributed by atoms with Gasteiger partial charge in [0, 0.05) is 38.0 Å². The fourth-order valence-corrected chi connectivity index (χ4v) is 4.37. The van der Waals surface area contributed by atoms with Crippen LogP contribution in [0.25, 0.3) is 10.9 Å². The first-order valence-corrected chi connectivity index (χ1v) is 10.8. The van der Waals surface area contributed by atoms with Crippen molar-refractivity contribution in [2.45, 2.75) is 25.8 Å². The predicted molar refractivity (Wildman–Crippen MR) is 125 cm³/mol. The number of aromatic nitrogens is 1. The third-order valence-electron chi connectivity index (χ3n) is 6.07. The quantitative estimate of drug-likeness (QED) is 0.633. The molecule has 0 saturated carbocycles. The lowest BCUT2D eigenvalue weighted by molar-refractivity contribution is 0.159. The standard InChI is InChI=1S/C25H30N4O2/c1-17-8-7-11-22-20(17)14-23(18(2)26-22)27-25(30)28-24-16-29(12-13-31-3)15-21(24)19-9-5-4-6-10-19/h4-11,14,21,24H,12-13,15-16H2,1-3H3,(H2,27,28,30)/t21-,24+/m0/s1. The summed E-state index contributed by atoms with van der Waals surface area (Å²) in [4.78, 5) is 20.0. The molecule has 1 aliphatic heterocycles. The number of methoxy groups -OCH3 is 1. The summed E-state index contributed by atoms with van der Waals surface area (Å²) in [6, 6.07) is 18.3. The van der Waals surface area contributed by atoms with Gasteiger partial charge in [0.2, 0.25) is 0 Å². The number of nitrogens with one attached hydrogen (secondary N) is 2. The summed E-state index contributed by atoms with van der Waals surface area (Å²) in [7, 11) is 1.72. The van der Waals surface area contributed by atoms with E-state index in [1.54, 1.807) is 7.11 Å². The molecule has 1 aromatic heterocycles. The molecule has 2 heterocycles. The maximum Gasteiger partial charge on any atom is 0.319 e. The molecule has 31 heavy (non-hydrogen) atoms. The fourth-order valence-electron chi connectivity index (χ4n) is 4.37. The number of aryl methyl sites for hydroxylation is 2. The van der Waals surface area contributed by atoms with Gasteiger partial charge in [0.05, 0.1) is 29.5 Å². The highest BCUT2D eigenvalue weighted by molar-refractivity contribution is 5.94. The van der Waals surface area contributed by atoms with Gasteiger partial charge in [0.25, 0.3) is 0 Å². The zero-order valence-corrected chi connectivity index (χ0v) is 18.4. The van der Waals surface area contributed by atoms with Crippen molar-refractivity contribution in [1.29, 1.82) is 0 Å². The maximum absolute atomic E-state index is 12.9. The Morgan fingerprint density at radius 1 is 1.13 bits per heavy atom. The van der Waals surface area contributed by atoms with E-state index in [1.165, 1.54) is 5.56 Å². The van der Waals surface area contributed by atoms with Crippen LogP contribution in [-0.2, 0) is 4.74 Å². The highest BCUT2D eigenvalue weighted by Crippen LogP contribution is 2.28. The van der Waals surface area contributed by atoms with Crippen LogP contribution < -0.4 is 10.6 Å². The number of pyridine rings is 1. The summed E-state index contributed by atoms with van der Waals surface area (Å²) >= 11 is 0. The molecular formula is C25H30N4O2. The topological polar surface area (TPSA) is 66.5 Å². The summed E-state index contributed by atoms with van der Waals surface area (Å²) < 4.78 is 5.25. The van der Waals surface area contributed by atoms with E-state index in [4.69, 9.17) is 4.74 Å². The number of nitrogens with zero attached hydrogens (tertiary/aromatic N) is 2. The largest absolute Gasteiger partial charge is 0.383 e. The van der Waals surface area contributed by atoms with Crippen LogP contribution in [0.15, 0.2) is 54.6 Å². The molecule has 0 radical (unpaired) electrons. The van der Waals surface area contributed by atoms with Crippen LogP contribution >= 0.6 is 0 Å². The number of anilines is 1. The van der Waals surface area contributed by atoms with Crippen LogP contribution in [0.3, 0.4) is 0 Å². The first kappa shape index (κ1) is 21.3. The van der Waals surface area contributed by atoms with E-state index in [9.17, 15) is 4.79 Å². The lowest BCUT2D eigenvalue weighted by Crippen LogP contribution is -2.42. The van der Waals surface area contributed by atoms with Crippen LogP contribution in [0, 0.1) is 13.8 Å². The Morgan fingerprint density at radius 3 is 2.71 bits per heavy atom. The highest BCUT2D eigenvalue weighted by atomic mass is 16.5. The second-order valence-corrected chi connectivity index (χ2v) is 8.24. The molecule has 1 saturated heterocycles. The Balaban J connectivity index is 1.50. The van der Waals surface area contributed by atoms with Gasteiger partial charge in [-0.3, -0.25) is 9.88 Å². The van der Waals surface area contributed by atoms with E-state index in [-0.39, 0.29) is 18.0 Å². The smallest absolute Gasteiger partial charge is 0.319 e. The van der Waals surface area contributed by atoms with Gasteiger partial charge in [-0.05, 0) is 37.1 Å². The Bertz CT molecular complexity index is 1050. The molecule has 2 N–H and O–H groups in total. The van der Waals surface area contributed by atoms with Crippen LogP contribution in [0.1, 0.15) is 22.7 Å². The van der Waals surface area contributed by atoms with Crippen molar-refractivity contribution < 1.29 is 9.53 Å². The average molecular weight is 419 g/mol. The van der Waals surface area contributed by atoms with E-state index in [1.807, 2.05) is 31.2 Å². The maximum atomic E-state index is 12.9. The molecule has 2 aromatic carbocycles. The molecule has 2 atom stereocenters. The van der Waals surface area contributed by atoms with Crippen molar-refractivity contribution in [1.82, 2.24) is 15.2 Å². The Kier molecular flexibility index (Phi) is 6.49. The molecule has 0 bridgehead atoms. The molecule has 3 aromatic rings. The Morgan fingerprint density at radius 2 is 1.94 bits per heavy atom. The number of urea groups is 1. The number of hydrogen-bond acceptors (Lipinski definition) is 4. The number of hydrogen-bond donors (Lipinski definition) is 2. The van der Waals surface area contributed by atoms with Crippen molar-refractivity contribution in [2.75, 3.05) is 38.7 Å². The summed E-state index contributed by atoms with van der Waals surface area (Å²) in [5, 5.41) is 7.30. The van der Waals surface area contributed by atoms with Crippen molar-refractivity contribution in [3.63, 3.8) is 0 Å². The van der Waals surface area contributed by atoms with Crippen LogP contribution in [0.4, 0.5) is 10.5 Å². The molecule has 4 rings (SSSR count). The van der Waals surface area contributed by atoms with Crippen molar-refractivity contribution in [3.05, 3.63) is 71.4 Å². The molecule has 0 unspecified atom stereocenters. The van der Waals surface area contributed by atoms with Crippen LogP contribution in [-0.4, -0.2) is 55.3 Å². The van der Waals surface area contributed by atoms with E-state index in [0.717, 1.165) is 47.5 Å². The van der Waals surface area contributed by atoms with E-state index in [2.05, 4.69) is 57.8 Å². The zero-order chi connectivity index (χ0) is 21.8. The first-order chi connectivity index (χ1) is 15.0. The van der Waals surface area contributed by atoms with E-state index >= 15 is 0 Å². The number of likely N-dealkylation sites (tertiary alicyclic amines) is 1. The van der Waals surface area contributed by atoms with Gasteiger partial charge in [-0.25, -0.2) is 4.79 Å². The normalized spacial score (nSPS) is 18.9. The van der Waals surface area contributed by atoms with Crippen molar-refractivity contribution >= 4 is 22.6 Å². The number of benzene rings is 2. The molecule has 2 amide bonds. The summed E-state index contributed by atoms with van der Waals surface area (Å²) in [5.74, 6) is 0.238. The zero-order valence-electron chi connectivity index (χ0n) is 18.4. The van der Waals surface area contributed by atoms with Crippen LogP contribution in [0.5, 0.6) is 0 Å². The van der Waals surface area contributed by atoms with Crippen LogP contribution in [0.2, 0.25) is 0 Å². The number of carbonyl (C=O) groups is 1. The SMILES string of the molecule is COCCN1C[C@@H](NC(=O)Nc2cc3c(C)cccc3nc2C)[C@H](c2ccccc2)C1. The molecule has 6 nitrogen and oxygen atoms in total. The van der Waals surface area contributed by atoms with Crippen molar-refractivity contribution in [2.24, 2.45) is 0 Å². The predicted octanol–water partition coefficient (Wildman–Crippen LogP) is 4.09. The molecule has 6 heteroatoms. The van der Waals surface area contributed by atoms with Gasteiger partial charge < -0.3 is 15.4 Å². The number of ether oxygens (including phenoxy) is 1. The van der Waals surface area contributed by atoms with Gasteiger partial charge >= 0.3 is 6.03 Å². The molecule has 0 spiro atoms. The Hall–Kier alpha value is -2.96. The summed E-state index contributed by atoms with van der Waals surface area (Å²) in [6.07, 6.45) is 0. The minimum absolute atomic E-state index is 0.0229. The monoisotopic (exact) mass is 418 g/mol. The van der Waals surface area contributed by atoms with Gasteiger partial charge in [0.15, 0.2) is 0 Å². The third-order valence-corrected chi connectivity index (χ3v) is 6.07. The number of carbonyl (C=O) groups excluding carboxylic acids is 1. The average Bonchev–Trinajstić information content (AvgIpc) is 3.16. The molecule has 0 aliphatic carbocycles. The second-order valence-electron chi connectivity index (χ2n) is 8.24. The molecule has 1 aliphatic rings. The van der Waals surface area contributed by atoms with Gasteiger partial charge in [0.1, 0.15) is 0 Å². The van der Waals surface area contributed by atoms with E-state index in [0.29, 0.717) is 6.61 Å². The summed E-state index contributed by atoms with van der Waals surface area (Å²) in [6.45, 7) is 7.21. The minimum Gasteiger partial charge on any atom is -0.383 e. The van der Waals surface area contributed by atoms with Gasteiger partial charge in [-0.15, -0.1) is 0 Å². The molecule has 162 valence electrons. The number of amides is 2. The highest BCUT2D eigenvalue weighted by Gasteiger charge is 2.34. The minimum atomic E-state index is -0.197.